The minimum atomic E-state index is -0.212. The Labute approximate surface area is 126 Å². The molecule has 1 aromatic carbocycles. The topological polar surface area (TPSA) is 67.0 Å². The number of H-pyrrole nitrogens is 1. The van der Waals surface area contributed by atoms with E-state index in [1.165, 1.54) is 0 Å². The number of benzene rings is 1. The lowest BCUT2D eigenvalue weighted by Crippen LogP contribution is -2.30. The number of carbonyl (C=O) groups excluding carboxylic acids is 1. The molecular weight excluding hydrogens is 301 g/mol. The molecule has 0 fully saturated rings. The van der Waals surface area contributed by atoms with Crippen LogP contribution in [0.2, 0.25) is 10.0 Å². The monoisotopic (exact) mass is 313 g/mol. The van der Waals surface area contributed by atoms with Gasteiger partial charge in [-0.1, -0.05) is 23.2 Å². The third kappa shape index (κ3) is 4.43. The van der Waals surface area contributed by atoms with Crippen LogP contribution in [0.3, 0.4) is 0 Å². The maximum absolute atomic E-state index is 11.6. The van der Waals surface area contributed by atoms with Crippen molar-refractivity contribution in [3.8, 4) is 5.75 Å². The van der Waals surface area contributed by atoms with E-state index < -0.39 is 0 Å². The van der Waals surface area contributed by atoms with E-state index in [1.54, 1.807) is 24.4 Å². The van der Waals surface area contributed by atoms with Crippen LogP contribution in [0.25, 0.3) is 0 Å². The summed E-state index contributed by atoms with van der Waals surface area (Å²) in [6.45, 7) is 0.420. The number of ether oxygens (including phenoxy) is 1. The Morgan fingerprint density at radius 3 is 2.90 bits per heavy atom. The van der Waals surface area contributed by atoms with E-state index in [2.05, 4.69) is 15.5 Å². The Hall–Kier alpha value is -1.72. The van der Waals surface area contributed by atoms with Crippen molar-refractivity contribution in [1.29, 1.82) is 0 Å². The number of aromatic nitrogens is 2. The van der Waals surface area contributed by atoms with Gasteiger partial charge in [-0.05, 0) is 24.3 Å². The number of hydrogen-bond donors (Lipinski definition) is 2. The molecule has 1 heterocycles. The maximum atomic E-state index is 11.6. The predicted octanol–water partition coefficient (Wildman–Crippen LogP) is 2.45. The van der Waals surface area contributed by atoms with Crippen molar-refractivity contribution in [2.45, 2.75) is 6.42 Å². The van der Waals surface area contributed by atoms with E-state index >= 15 is 0 Å². The summed E-state index contributed by atoms with van der Waals surface area (Å²) in [6.07, 6.45) is 2.36. The minimum absolute atomic E-state index is 0.0929. The van der Waals surface area contributed by atoms with Crippen LogP contribution >= 0.6 is 23.2 Å². The molecule has 2 rings (SSSR count). The van der Waals surface area contributed by atoms with E-state index in [1.807, 2.05) is 6.07 Å². The second-order valence-corrected chi connectivity index (χ2v) is 4.89. The highest BCUT2D eigenvalue weighted by Gasteiger charge is 2.06. The Kier molecular flexibility index (Phi) is 5.26. The van der Waals surface area contributed by atoms with Crippen molar-refractivity contribution in [3.05, 3.63) is 46.2 Å². The number of rotatable bonds is 6. The molecule has 1 amide bonds. The maximum Gasteiger partial charge on any atom is 0.257 e. The van der Waals surface area contributed by atoms with Crippen molar-refractivity contribution in [2.75, 3.05) is 13.2 Å². The standard InChI is InChI=1S/C13H13Cl2N3O2/c14-9-1-2-12(11(15)7-9)20-8-13(19)16-5-3-10-4-6-17-18-10/h1-2,4,6-7H,3,5,8H2,(H,16,19)(H,17,18). The van der Waals surface area contributed by atoms with Crippen LogP contribution in [-0.2, 0) is 11.2 Å². The fourth-order valence-corrected chi connectivity index (χ4v) is 2.01. The molecule has 106 valence electrons. The molecule has 0 bridgehead atoms. The molecule has 0 saturated heterocycles. The molecule has 0 aliphatic carbocycles. The zero-order valence-electron chi connectivity index (χ0n) is 10.5. The second-order valence-electron chi connectivity index (χ2n) is 4.05. The molecular formula is C13H13Cl2N3O2. The van der Waals surface area contributed by atoms with Crippen molar-refractivity contribution in [1.82, 2.24) is 15.5 Å². The van der Waals surface area contributed by atoms with Crippen molar-refractivity contribution in [2.24, 2.45) is 0 Å². The summed E-state index contributed by atoms with van der Waals surface area (Å²) in [4.78, 5) is 11.6. The summed E-state index contributed by atoms with van der Waals surface area (Å²) in [5.74, 6) is 0.218. The van der Waals surface area contributed by atoms with Gasteiger partial charge in [-0.15, -0.1) is 0 Å². The van der Waals surface area contributed by atoms with E-state index in [4.69, 9.17) is 27.9 Å². The SMILES string of the molecule is O=C(COc1ccc(Cl)cc1Cl)NCCc1ccn[nH]1. The molecule has 0 saturated carbocycles. The highest BCUT2D eigenvalue weighted by Crippen LogP contribution is 2.27. The lowest BCUT2D eigenvalue weighted by Gasteiger charge is -2.08. The molecule has 0 atom stereocenters. The van der Waals surface area contributed by atoms with E-state index in [0.717, 1.165) is 5.69 Å². The number of carbonyl (C=O) groups is 1. The Morgan fingerprint density at radius 2 is 2.20 bits per heavy atom. The average Bonchev–Trinajstić information content (AvgIpc) is 2.91. The first-order valence-electron chi connectivity index (χ1n) is 5.98. The van der Waals surface area contributed by atoms with Gasteiger partial charge in [0.05, 0.1) is 5.02 Å². The number of nitrogens with one attached hydrogen (secondary N) is 2. The Morgan fingerprint density at radius 1 is 1.35 bits per heavy atom. The fourth-order valence-electron chi connectivity index (χ4n) is 1.55. The van der Waals surface area contributed by atoms with Crippen molar-refractivity contribution < 1.29 is 9.53 Å². The van der Waals surface area contributed by atoms with E-state index in [-0.39, 0.29) is 12.5 Å². The summed E-state index contributed by atoms with van der Waals surface area (Å²) < 4.78 is 5.32. The molecule has 0 spiro atoms. The Balaban J connectivity index is 1.72. The van der Waals surface area contributed by atoms with Crippen LogP contribution in [-0.4, -0.2) is 29.3 Å². The summed E-state index contributed by atoms with van der Waals surface area (Å²) in [5.41, 5.74) is 0.965. The molecule has 0 aliphatic rings. The number of halogens is 2. The molecule has 20 heavy (non-hydrogen) atoms. The quantitative estimate of drug-likeness (QED) is 0.861. The molecule has 5 nitrogen and oxygen atoms in total. The van der Waals surface area contributed by atoms with Crippen molar-refractivity contribution >= 4 is 29.1 Å². The van der Waals surface area contributed by atoms with Crippen LogP contribution in [0, 0.1) is 0 Å². The fraction of sp³-hybridized carbons (Fsp3) is 0.231. The lowest BCUT2D eigenvalue weighted by molar-refractivity contribution is -0.123. The van der Waals surface area contributed by atoms with Crippen LogP contribution in [0.5, 0.6) is 5.75 Å². The summed E-state index contributed by atoms with van der Waals surface area (Å²) >= 11 is 11.7. The van der Waals surface area contributed by atoms with Crippen LogP contribution < -0.4 is 10.1 Å². The highest BCUT2D eigenvalue weighted by molar-refractivity contribution is 6.35. The average molecular weight is 314 g/mol. The van der Waals surface area contributed by atoms with Gasteiger partial charge in [0.15, 0.2) is 6.61 Å². The number of nitrogens with zero attached hydrogens (tertiary/aromatic N) is 1. The van der Waals surface area contributed by atoms with Crippen LogP contribution in [0.1, 0.15) is 5.69 Å². The molecule has 2 N–H and O–H groups in total. The van der Waals surface area contributed by atoms with Gasteiger partial charge < -0.3 is 10.1 Å². The molecule has 0 aliphatic heterocycles. The Bertz CT molecular complexity index is 573. The number of aromatic amines is 1. The smallest absolute Gasteiger partial charge is 0.257 e. The molecule has 2 aromatic rings. The van der Waals surface area contributed by atoms with Gasteiger partial charge in [-0.3, -0.25) is 9.89 Å². The summed E-state index contributed by atoms with van der Waals surface area (Å²) in [5, 5.41) is 10.3. The highest BCUT2D eigenvalue weighted by atomic mass is 35.5. The minimum Gasteiger partial charge on any atom is -0.482 e. The largest absolute Gasteiger partial charge is 0.482 e. The van der Waals surface area contributed by atoms with E-state index in [9.17, 15) is 4.79 Å². The van der Waals surface area contributed by atoms with Gasteiger partial charge in [0.2, 0.25) is 0 Å². The summed E-state index contributed by atoms with van der Waals surface area (Å²) in [6, 6.07) is 6.70. The van der Waals surface area contributed by atoms with Gasteiger partial charge in [0.25, 0.3) is 5.91 Å². The lowest BCUT2D eigenvalue weighted by atomic mass is 10.3. The zero-order chi connectivity index (χ0) is 14.4. The normalized spacial score (nSPS) is 10.3. The molecule has 0 unspecified atom stereocenters. The number of hydrogen-bond acceptors (Lipinski definition) is 3. The van der Waals surface area contributed by atoms with Crippen LogP contribution in [0.4, 0.5) is 0 Å². The predicted molar refractivity (Wildman–Crippen MR) is 77.3 cm³/mol. The first kappa shape index (κ1) is 14.7. The molecule has 0 radical (unpaired) electrons. The van der Waals surface area contributed by atoms with Gasteiger partial charge in [-0.2, -0.15) is 5.10 Å². The summed E-state index contributed by atoms with van der Waals surface area (Å²) in [7, 11) is 0. The van der Waals surface area contributed by atoms with Gasteiger partial charge in [0.1, 0.15) is 5.75 Å². The molecule has 1 aromatic heterocycles. The van der Waals surface area contributed by atoms with E-state index in [0.29, 0.717) is 28.8 Å². The zero-order valence-corrected chi connectivity index (χ0v) is 12.0. The van der Waals surface area contributed by atoms with Gasteiger partial charge in [0, 0.05) is 29.9 Å². The second kappa shape index (κ2) is 7.17. The van der Waals surface area contributed by atoms with Crippen molar-refractivity contribution in [3.63, 3.8) is 0 Å². The number of amides is 1. The third-order valence-electron chi connectivity index (χ3n) is 2.53. The first-order valence-corrected chi connectivity index (χ1v) is 6.73. The molecule has 7 heteroatoms. The third-order valence-corrected chi connectivity index (χ3v) is 3.06. The van der Waals surface area contributed by atoms with Crippen LogP contribution in [0.15, 0.2) is 30.5 Å². The van der Waals surface area contributed by atoms with Gasteiger partial charge in [-0.25, -0.2) is 0 Å². The first-order chi connectivity index (χ1) is 9.65. The van der Waals surface area contributed by atoms with Gasteiger partial charge >= 0.3 is 0 Å².